The number of fused-ring (bicyclic) bond motifs is 3. The third-order valence-electron chi connectivity index (χ3n) is 3.95. The van der Waals surface area contributed by atoms with E-state index in [-0.39, 0.29) is 0 Å². The summed E-state index contributed by atoms with van der Waals surface area (Å²) in [6.45, 7) is 4.48. The molecule has 0 saturated carbocycles. The number of nitrogens with zero attached hydrogens (tertiary/aromatic N) is 1. The molecule has 0 aromatic heterocycles. The Bertz CT molecular complexity index is 559. The van der Waals surface area contributed by atoms with Crippen molar-refractivity contribution < 1.29 is 0 Å². The number of benzene rings is 2. The molecule has 1 aliphatic heterocycles. The lowest BCUT2D eigenvalue weighted by atomic mass is 9.93. The molecule has 0 N–H and O–H groups in total. The number of anilines is 1. The molecule has 1 aliphatic rings. The zero-order valence-corrected chi connectivity index (χ0v) is 11.6. The minimum atomic E-state index is 1.05. The second-order valence-corrected chi connectivity index (χ2v) is 5.30. The number of hydrogen-bond acceptors (Lipinski definition) is 1. The van der Waals surface area contributed by atoms with Crippen LogP contribution in [0.1, 0.15) is 31.7 Å². The molecule has 0 saturated heterocycles. The Labute approximate surface area is 115 Å². The highest BCUT2D eigenvalue weighted by Crippen LogP contribution is 2.38. The van der Waals surface area contributed by atoms with Crippen LogP contribution in [0, 0.1) is 0 Å². The molecule has 3 rings (SSSR count). The molecule has 1 heterocycles. The van der Waals surface area contributed by atoms with Crippen LogP contribution in [0.2, 0.25) is 0 Å². The Kier molecular flexibility index (Phi) is 3.54. The summed E-state index contributed by atoms with van der Waals surface area (Å²) in [4.78, 5) is 2.54. The van der Waals surface area contributed by atoms with Gasteiger partial charge in [0.2, 0.25) is 0 Å². The number of para-hydroxylation sites is 1. The molecular formula is C18H21N. The molecule has 0 spiro atoms. The highest BCUT2D eigenvalue weighted by Gasteiger charge is 2.20. The number of unbranched alkanes of at least 4 members (excludes halogenated alkanes) is 2. The van der Waals surface area contributed by atoms with E-state index in [1.165, 1.54) is 48.2 Å². The molecule has 0 aliphatic carbocycles. The Balaban J connectivity index is 1.95. The predicted molar refractivity (Wildman–Crippen MR) is 82.5 cm³/mol. The van der Waals surface area contributed by atoms with Crippen LogP contribution < -0.4 is 4.90 Å². The van der Waals surface area contributed by atoms with Crippen LogP contribution in [0.25, 0.3) is 11.1 Å². The zero-order valence-electron chi connectivity index (χ0n) is 11.6. The SMILES string of the molecule is CCCCCN1Cc2ccccc2-c2ccccc21. The summed E-state index contributed by atoms with van der Waals surface area (Å²) in [5.41, 5.74) is 5.65. The highest BCUT2D eigenvalue weighted by atomic mass is 15.1. The van der Waals surface area contributed by atoms with Crippen LogP contribution in [-0.2, 0) is 6.54 Å². The van der Waals surface area contributed by atoms with Crippen molar-refractivity contribution in [1.29, 1.82) is 0 Å². The Hall–Kier alpha value is -1.76. The van der Waals surface area contributed by atoms with Crippen LogP contribution in [0.3, 0.4) is 0 Å². The van der Waals surface area contributed by atoms with Gasteiger partial charge < -0.3 is 4.90 Å². The molecule has 0 fully saturated rings. The lowest BCUT2D eigenvalue weighted by Crippen LogP contribution is -2.27. The van der Waals surface area contributed by atoms with E-state index in [1.54, 1.807) is 0 Å². The van der Waals surface area contributed by atoms with E-state index in [9.17, 15) is 0 Å². The van der Waals surface area contributed by atoms with Gasteiger partial charge in [0.15, 0.2) is 0 Å². The maximum Gasteiger partial charge on any atom is 0.0449 e. The summed E-state index contributed by atoms with van der Waals surface area (Å²) in [5.74, 6) is 0. The van der Waals surface area contributed by atoms with Gasteiger partial charge in [-0.3, -0.25) is 0 Å². The van der Waals surface area contributed by atoms with Crippen molar-refractivity contribution in [2.75, 3.05) is 11.4 Å². The van der Waals surface area contributed by atoms with E-state index >= 15 is 0 Å². The van der Waals surface area contributed by atoms with Crippen LogP contribution in [0.4, 0.5) is 5.69 Å². The van der Waals surface area contributed by atoms with E-state index < -0.39 is 0 Å². The normalized spacial score (nSPS) is 13.0. The smallest absolute Gasteiger partial charge is 0.0449 e. The molecule has 19 heavy (non-hydrogen) atoms. The van der Waals surface area contributed by atoms with Crippen molar-refractivity contribution in [3.05, 3.63) is 54.1 Å². The summed E-state index contributed by atoms with van der Waals surface area (Å²) in [6, 6.07) is 17.6. The third-order valence-corrected chi connectivity index (χ3v) is 3.95. The summed E-state index contributed by atoms with van der Waals surface area (Å²) in [7, 11) is 0. The van der Waals surface area contributed by atoms with Gasteiger partial charge in [0.25, 0.3) is 0 Å². The molecular weight excluding hydrogens is 230 g/mol. The van der Waals surface area contributed by atoms with Gasteiger partial charge in [-0.05, 0) is 23.6 Å². The summed E-state index contributed by atoms with van der Waals surface area (Å²) < 4.78 is 0. The maximum atomic E-state index is 2.54. The predicted octanol–water partition coefficient (Wildman–Crippen LogP) is 4.86. The molecule has 0 unspecified atom stereocenters. The van der Waals surface area contributed by atoms with Gasteiger partial charge in [0.1, 0.15) is 0 Å². The Morgan fingerprint density at radius 3 is 2.47 bits per heavy atom. The van der Waals surface area contributed by atoms with Crippen molar-refractivity contribution in [3.63, 3.8) is 0 Å². The van der Waals surface area contributed by atoms with Gasteiger partial charge in [0.05, 0.1) is 0 Å². The minimum absolute atomic E-state index is 1.05. The fourth-order valence-corrected chi connectivity index (χ4v) is 2.94. The van der Waals surface area contributed by atoms with Gasteiger partial charge in [0, 0.05) is 24.3 Å². The lowest BCUT2D eigenvalue weighted by molar-refractivity contribution is 0.672. The molecule has 2 aromatic rings. The molecule has 0 radical (unpaired) electrons. The van der Waals surface area contributed by atoms with Gasteiger partial charge in [-0.15, -0.1) is 0 Å². The highest BCUT2D eigenvalue weighted by molar-refractivity contribution is 5.83. The number of rotatable bonds is 4. The second kappa shape index (κ2) is 5.48. The van der Waals surface area contributed by atoms with Crippen LogP contribution in [-0.4, -0.2) is 6.54 Å². The van der Waals surface area contributed by atoms with Gasteiger partial charge in [-0.1, -0.05) is 62.2 Å². The van der Waals surface area contributed by atoms with E-state index in [1.807, 2.05) is 0 Å². The van der Waals surface area contributed by atoms with Crippen molar-refractivity contribution in [2.45, 2.75) is 32.7 Å². The molecule has 2 aromatic carbocycles. The first kappa shape index (κ1) is 12.3. The molecule has 1 nitrogen and oxygen atoms in total. The van der Waals surface area contributed by atoms with Crippen molar-refractivity contribution in [1.82, 2.24) is 0 Å². The second-order valence-electron chi connectivity index (χ2n) is 5.30. The van der Waals surface area contributed by atoms with Crippen LogP contribution >= 0.6 is 0 Å². The summed E-state index contributed by atoms with van der Waals surface area (Å²) in [6.07, 6.45) is 3.89. The standard InChI is InChI=1S/C18H21N/c1-2-3-8-13-19-14-15-9-4-5-10-16(15)17-11-6-7-12-18(17)19/h4-7,9-12H,2-3,8,13-14H2,1H3. The van der Waals surface area contributed by atoms with Crippen molar-refractivity contribution >= 4 is 5.69 Å². The Morgan fingerprint density at radius 1 is 0.895 bits per heavy atom. The lowest BCUT2D eigenvalue weighted by Gasteiger charge is -2.33. The van der Waals surface area contributed by atoms with Crippen molar-refractivity contribution in [2.24, 2.45) is 0 Å². The van der Waals surface area contributed by atoms with E-state index in [0.717, 1.165) is 6.54 Å². The topological polar surface area (TPSA) is 3.24 Å². The van der Waals surface area contributed by atoms with E-state index in [0.29, 0.717) is 0 Å². The number of hydrogen-bond donors (Lipinski definition) is 0. The molecule has 0 bridgehead atoms. The van der Waals surface area contributed by atoms with Gasteiger partial charge in [-0.25, -0.2) is 0 Å². The Morgan fingerprint density at radius 2 is 1.63 bits per heavy atom. The molecule has 1 heteroatoms. The van der Waals surface area contributed by atoms with Crippen molar-refractivity contribution in [3.8, 4) is 11.1 Å². The van der Waals surface area contributed by atoms with Gasteiger partial charge >= 0.3 is 0 Å². The quantitative estimate of drug-likeness (QED) is 0.701. The average molecular weight is 251 g/mol. The van der Waals surface area contributed by atoms with E-state index in [2.05, 4.69) is 60.4 Å². The average Bonchev–Trinajstić information content (AvgIpc) is 2.47. The molecule has 98 valence electrons. The minimum Gasteiger partial charge on any atom is -0.367 e. The first-order chi connectivity index (χ1) is 9.40. The fraction of sp³-hybridized carbons (Fsp3) is 0.333. The van der Waals surface area contributed by atoms with Crippen LogP contribution in [0.15, 0.2) is 48.5 Å². The van der Waals surface area contributed by atoms with Crippen LogP contribution in [0.5, 0.6) is 0 Å². The third kappa shape index (κ3) is 2.37. The monoisotopic (exact) mass is 251 g/mol. The van der Waals surface area contributed by atoms with E-state index in [4.69, 9.17) is 0 Å². The molecule has 0 amide bonds. The fourth-order valence-electron chi connectivity index (χ4n) is 2.94. The first-order valence-corrected chi connectivity index (χ1v) is 7.32. The maximum absolute atomic E-state index is 2.54. The van der Waals surface area contributed by atoms with Gasteiger partial charge in [-0.2, -0.15) is 0 Å². The molecule has 0 atom stereocenters. The first-order valence-electron chi connectivity index (χ1n) is 7.32. The largest absolute Gasteiger partial charge is 0.367 e. The summed E-state index contributed by atoms with van der Waals surface area (Å²) >= 11 is 0. The zero-order chi connectivity index (χ0) is 13.1. The summed E-state index contributed by atoms with van der Waals surface area (Å²) in [5, 5.41) is 0.